The third-order valence-electron chi connectivity index (χ3n) is 3.03. The summed E-state index contributed by atoms with van der Waals surface area (Å²) < 4.78 is 46.2. The van der Waals surface area contributed by atoms with E-state index in [0.29, 0.717) is 0 Å². The third kappa shape index (κ3) is 3.76. The summed E-state index contributed by atoms with van der Waals surface area (Å²) in [5, 5.41) is 9.54. The highest BCUT2D eigenvalue weighted by molar-refractivity contribution is 5.35. The summed E-state index contributed by atoms with van der Waals surface area (Å²) in [5.41, 5.74) is -0.0235. The van der Waals surface area contributed by atoms with Crippen molar-refractivity contribution in [3.8, 4) is 5.75 Å². The molecule has 0 unspecified atom stereocenters. The molecule has 2 rings (SSSR count). The van der Waals surface area contributed by atoms with E-state index in [2.05, 4.69) is 0 Å². The lowest BCUT2D eigenvalue weighted by molar-refractivity contribution is -0.0473. The lowest BCUT2D eigenvalue weighted by Gasteiger charge is -2.19. The number of aliphatic hydroxyl groups excluding tert-OH is 1. The molecule has 0 saturated carbocycles. The predicted molar refractivity (Wildman–Crippen MR) is 72.9 cm³/mol. The van der Waals surface area contributed by atoms with Crippen molar-refractivity contribution in [2.24, 2.45) is 0 Å². The van der Waals surface area contributed by atoms with Crippen molar-refractivity contribution in [3.05, 3.63) is 65.5 Å². The Morgan fingerprint density at radius 2 is 1.81 bits per heavy atom. The molecule has 0 saturated heterocycles. The van der Waals surface area contributed by atoms with Gasteiger partial charge in [-0.05, 0) is 25.1 Å². The van der Waals surface area contributed by atoms with Crippen LogP contribution in [0.3, 0.4) is 0 Å². The number of ether oxygens (including phenoxy) is 1. The molecule has 0 bridgehead atoms. The summed E-state index contributed by atoms with van der Waals surface area (Å²) >= 11 is 0. The molecule has 5 heteroatoms. The van der Waals surface area contributed by atoms with Crippen LogP contribution in [0.5, 0.6) is 5.75 Å². The molecule has 1 atom stereocenters. The van der Waals surface area contributed by atoms with E-state index < -0.39 is 24.5 Å². The van der Waals surface area contributed by atoms with Crippen molar-refractivity contribution >= 4 is 0 Å². The van der Waals surface area contributed by atoms with Crippen molar-refractivity contribution in [3.63, 3.8) is 0 Å². The molecule has 0 aliphatic rings. The number of hydrogen-bond acceptors (Lipinski definition) is 2. The Labute approximate surface area is 120 Å². The highest BCUT2D eigenvalue weighted by Crippen LogP contribution is 2.31. The van der Waals surface area contributed by atoms with Crippen molar-refractivity contribution in [1.82, 2.24) is 0 Å². The molecule has 0 spiro atoms. The minimum Gasteiger partial charge on any atom is -0.487 e. The van der Waals surface area contributed by atoms with Gasteiger partial charge in [0.15, 0.2) is 6.61 Å². The molecule has 21 heavy (non-hydrogen) atoms. The van der Waals surface area contributed by atoms with E-state index in [1.165, 1.54) is 37.3 Å². The van der Waals surface area contributed by atoms with Crippen molar-refractivity contribution in [2.45, 2.75) is 19.0 Å². The van der Waals surface area contributed by atoms with Crippen LogP contribution < -0.4 is 4.74 Å². The second kappa shape index (κ2) is 6.18. The van der Waals surface area contributed by atoms with Gasteiger partial charge in [0.25, 0.3) is 0 Å². The number of halogens is 3. The van der Waals surface area contributed by atoms with E-state index in [4.69, 9.17) is 4.74 Å². The lowest BCUT2D eigenvalue weighted by atomic mass is 10.1. The maximum absolute atomic E-state index is 14.0. The summed E-state index contributed by atoms with van der Waals surface area (Å²) in [6, 6.07) is 10.7. The average Bonchev–Trinajstić information content (AvgIpc) is 2.47. The summed E-state index contributed by atoms with van der Waals surface area (Å²) in [5.74, 6) is -3.69. The Morgan fingerprint density at radius 1 is 1.14 bits per heavy atom. The molecule has 112 valence electrons. The molecule has 0 radical (unpaired) electrons. The molecule has 0 aromatic heterocycles. The smallest absolute Gasteiger partial charge is 0.306 e. The molecule has 0 fully saturated rings. The van der Waals surface area contributed by atoms with Crippen molar-refractivity contribution < 1.29 is 23.0 Å². The minimum atomic E-state index is -3.17. The zero-order chi connectivity index (χ0) is 15.5. The van der Waals surface area contributed by atoms with Gasteiger partial charge in [-0.3, -0.25) is 0 Å². The first-order chi connectivity index (χ1) is 9.90. The number of benzene rings is 2. The number of alkyl halides is 2. The summed E-state index contributed by atoms with van der Waals surface area (Å²) in [6.07, 6.45) is -1.01. The zero-order valence-electron chi connectivity index (χ0n) is 11.4. The van der Waals surface area contributed by atoms with Crippen LogP contribution in [0.25, 0.3) is 0 Å². The topological polar surface area (TPSA) is 29.5 Å². The Hall–Kier alpha value is -2.01. The van der Waals surface area contributed by atoms with Crippen LogP contribution in [0.2, 0.25) is 0 Å². The van der Waals surface area contributed by atoms with Crippen LogP contribution in [0.15, 0.2) is 48.5 Å². The van der Waals surface area contributed by atoms with Gasteiger partial charge in [0.2, 0.25) is 0 Å². The largest absolute Gasteiger partial charge is 0.487 e. The van der Waals surface area contributed by atoms with Gasteiger partial charge in [-0.25, -0.2) is 4.39 Å². The number of rotatable bonds is 5. The average molecular weight is 296 g/mol. The fraction of sp³-hybridized carbons (Fsp3) is 0.250. The molecular weight excluding hydrogens is 281 g/mol. The van der Waals surface area contributed by atoms with Gasteiger partial charge in [-0.2, -0.15) is 8.78 Å². The van der Waals surface area contributed by atoms with Gasteiger partial charge in [0, 0.05) is 11.1 Å². The lowest BCUT2D eigenvalue weighted by Crippen LogP contribution is -2.23. The second-order valence-corrected chi connectivity index (χ2v) is 4.72. The fourth-order valence-electron chi connectivity index (χ4n) is 1.91. The van der Waals surface area contributed by atoms with Crippen molar-refractivity contribution in [2.75, 3.05) is 6.61 Å². The van der Waals surface area contributed by atoms with Crippen LogP contribution in [-0.2, 0) is 5.92 Å². The molecule has 0 heterocycles. The Kier molecular flexibility index (Phi) is 4.53. The quantitative estimate of drug-likeness (QED) is 0.902. The second-order valence-electron chi connectivity index (χ2n) is 4.72. The maximum atomic E-state index is 14.0. The molecule has 2 aromatic carbocycles. The van der Waals surface area contributed by atoms with Gasteiger partial charge in [0.1, 0.15) is 11.6 Å². The monoisotopic (exact) mass is 296 g/mol. The van der Waals surface area contributed by atoms with Crippen LogP contribution in [0, 0.1) is 5.82 Å². The van der Waals surface area contributed by atoms with Gasteiger partial charge >= 0.3 is 5.92 Å². The first-order valence-corrected chi connectivity index (χ1v) is 6.44. The van der Waals surface area contributed by atoms with Crippen molar-refractivity contribution in [1.29, 1.82) is 0 Å². The van der Waals surface area contributed by atoms with Crippen LogP contribution in [0.1, 0.15) is 24.2 Å². The Morgan fingerprint density at radius 3 is 2.43 bits per heavy atom. The zero-order valence-corrected chi connectivity index (χ0v) is 11.4. The predicted octanol–water partition coefficient (Wildman–Crippen LogP) is 4.05. The summed E-state index contributed by atoms with van der Waals surface area (Å²) in [7, 11) is 0. The van der Waals surface area contributed by atoms with Crippen LogP contribution in [0.4, 0.5) is 13.2 Å². The van der Waals surface area contributed by atoms with E-state index in [9.17, 15) is 18.3 Å². The molecule has 0 aliphatic heterocycles. The van der Waals surface area contributed by atoms with Crippen LogP contribution >= 0.6 is 0 Å². The molecule has 0 aliphatic carbocycles. The van der Waals surface area contributed by atoms with Gasteiger partial charge in [0.05, 0.1) is 6.10 Å². The van der Waals surface area contributed by atoms with E-state index in [1.54, 1.807) is 6.07 Å². The fourth-order valence-corrected chi connectivity index (χ4v) is 1.91. The molecule has 1 N–H and O–H groups in total. The van der Waals surface area contributed by atoms with E-state index >= 15 is 0 Å². The van der Waals surface area contributed by atoms with Gasteiger partial charge in [-0.1, -0.05) is 30.3 Å². The summed E-state index contributed by atoms with van der Waals surface area (Å²) in [4.78, 5) is 0. The molecule has 2 aromatic rings. The number of hydrogen-bond donors (Lipinski definition) is 1. The van der Waals surface area contributed by atoms with E-state index in [-0.39, 0.29) is 16.9 Å². The Bertz CT molecular complexity index is 598. The first kappa shape index (κ1) is 15.4. The first-order valence-electron chi connectivity index (χ1n) is 6.44. The Balaban J connectivity index is 2.16. The number of aliphatic hydroxyl groups is 1. The van der Waals surface area contributed by atoms with Gasteiger partial charge < -0.3 is 9.84 Å². The minimum absolute atomic E-state index is 0.0435. The standard InChI is InChI=1S/C16H15F3O2/c1-11(20)14-9-13(17)7-8-15(14)21-10-16(18,19)12-5-3-2-4-6-12/h2-9,11,20H,10H2,1H3/t11-/m0/s1. The highest BCUT2D eigenvalue weighted by Gasteiger charge is 2.32. The van der Waals surface area contributed by atoms with E-state index in [1.807, 2.05) is 0 Å². The molecule has 2 nitrogen and oxygen atoms in total. The van der Waals surface area contributed by atoms with Crippen LogP contribution in [-0.4, -0.2) is 11.7 Å². The molecule has 0 amide bonds. The third-order valence-corrected chi connectivity index (χ3v) is 3.03. The SMILES string of the molecule is C[C@H](O)c1cc(F)ccc1OCC(F)(F)c1ccccc1. The van der Waals surface area contributed by atoms with Gasteiger partial charge in [-0.15, -0.1) is 0 Å². The maximum Gasteiger partial charge on any atom is 0.306 e. The van der Waals surface area contributed by atoms with E-state index in [0.717, 1.165) is 12.1 Å². The highest BCUT2D eigenvalue weighted by atomic mass is 19.3. The summed E-state index contributed by atoms with van der Waals surface area (Å²) in [6.45, 7) is 0.527. The normalized spacial score (nSPS) is 13.0. The molecular formula is C16H15F3O2.